The summed E-state index contributed by atoms with van der Waals surface area (Å²) in [5, 5.41) is 2.96. The van der Waals surface area contributed by atoms with E-state index in [1.165, 1.54) is 18.8 Å². The Hall–Kier alpha value is -1.89. The fourth-order valence-electron chi connectivity index (χ4n) is 2.84. The number of benzene rings is 1. The van der Waals surface area contributed by atoms with Gasteiger partial charge in [0.15, 0.2) is 11.6 Å². The van der Waals surface area contributed by atoms with E-state index in [9.17, 15) is 4.39 Å². The first-order valence-corrected chi connectivity index (χ1v) is 8.41. The maximum Gasteiger partial charge on any atom is 0.159 e. The van der Waals surface area contributed by atoms with Crippen LogP contribution in [0.25, 0.3) is 0 Å². The topological polar surface area (TPSA) is 67.1 Å². The molecular weight excluding hydrogens is 361 g/mol. The third kappa shape index (κ3) is 3.55. The van der Waals surface area contributed by atoms with E-state index in [4.69, 9.17) is 5.73 Å². The van der Waals surface area contributed by atoms with Gasteiger partial charge >= 0.3 is 0 Å². The zero-order chi connectivity index (χ0) is 16.4. The lowest BCUT2D eigenvalue weighted by atomic mass is 10.0. The van der Waals surface area contributed by atoms with Crippen molar-refractivity contribution in [1.29, 1.82) is 0 Å². The SMILES string of the molecule is CC1CCCN(c2ncnc(Nc3ccc(Br)cc3F)c2N)C1. The third-order valence-corrected chi connectivity index (χ3v) is 4.50. The average Bonchev–Trinajstić information content (AvgIpc) is 2.52. The molecule has 1 aromatic carbocycles. The highest BCUT2D eigenvalue weighted by Crippen LogP contribution is 2.32. The number of rotatable bonds is 3. The van der Waals surface area contributed by atoms with Crippen LogP contribution in [-0.2, 0) is 0 Å². The van der Waals surface area contributed by atoms with Crippen molar-refractivity contribution in [1.82, 2.24) is 9.97 Å². The van der Waals surface area contributed by atoms with Gasteiger partial charge in [0.2, 0.25) is 0 Å². The quantitative estimate of drug-likeness (QED) is 0.845. The molecule has 1 unspecified atom stereocenters. The summed E-state index contributed by atoms with van der Waals surface area (Å²) in [6, 6.07) is 4.80. The number of nitrogens with one attached hydrogen (secondary N) is 1. The number of hydrogen-bond donors (Lipinski definition) is 2. The molecule has 1 saturated heterocycles. The Morgan fingerprint density at radius 1 is 1.39 bits per heavy atom. The molecule has 1 atom stereocenters. The van der Waals surface area contributed by atoms with Gasteiger partial charge in [0, 0.05) is 17.6 Å². The highest BCUT2D eigenvalue weighted by molar-refractivity contribution is 9.10. The number of anilines is 4. The van der Waals surface area contributed by atoms with Gasteiger partial charge < -0.3 is 16.0 Å². The molecule has 1 aliphatic rings. The Labute approximate surface area is 143 Å². The van der Waals surface area contributed by atoms with Crippen molar-refractivity contribution >= 4 is 38.9 Å². The van der Waals surface area contributed by atoms with Gasteiger partial charge in [-0.1, -0.05) is 22.9 Å². The smallest absolute Gasteiger partial charge is 0.159 e. The standard InChI is InChI=1S/C16H19BrFN5/c1-10-3-2-6-23(8-10)16-14(19)15(20-9-21-16)22-13-5-4-11(17)7-12(13)18/h4-5,7,9-10H,2-3,6,8,19H2,1H3,(H,20,21,22). The lowest BCUT2D eigenvalue weighted by Crippen LogP contribution is -2.35. The van der Waals surface area contributed by atoms with E-state index < -0.39 is 0 Å². The molecule has 0 radical (unpaired) electrons. The normalized spacial score (nSPS) is 18.0. The monoisotopic (exact) mass is 379 g/mol. The summed E-state index contributed by atoms with van der Waals surface area (Å²) >= 11 is 3.24. The minimum atomic E-state index is -0.370. The maximum absolute atomic E-state index is 14.0. The van der Waals surface area contributed by atoms with Crippen LogP contribution in [-0.4, -0.2) is 23.1 Å². The van der Waals surface area contributed by atoms with Crippen LogP contribution in [0.5, 0.6) is 0 Å². The van der Waals surface area contributed by atoms with Crippen molar-refractivity contribution < 1.29 is 4.39 Å². The van der Waals surface area contributed by atoms with Gasteiger partial charge in [-0.15, -0.1) is 0 Å². The van der Waals surface area contributed by atoms with Crippen LogP contribution in [0, 0.1) is 11.7 Å². The lowest BCUT2D eigenvalue weighted by Gasteiger charge is -2.32. The molecule has 0 aliphatic carbocycles. The van der Waals surface area contributed by atoms with Gasteiger partial charge in [-0.2, -0.15) is 0 Å². The van der Waals surface area contributed by atoms with Crippen LogP contribution in [0.1, 0.15) is 19.8 Å². The highest BCUT2D eigenvalue weighted by atomic mass is 79.9. The predicted molar refractivity (Wildman–Crippen MR) is 94.4 cm³/mol. The predicted octanol–water partition coefficient (Wildman–Crippen LogP) is 3.94. The number of piperidine rings is 1. The van der Waals surface area contributed by atoms with E-state index >= 15 is 0 Å². The van der Waals surface area contributed by atoms with Gasteiger partial charge in [-0.3, -0.25) is 0 Å². The summed E-state index contributed by atoms with van der Waals surface area (Å²) < 4.78 is 14.7. The van der Waals surface area contributed by atoms with Crippen LogP contribution in [0.15, 0.2) is 29.0 Å². The number of aromatic nitrogens is 2. The third-order valence-electron chi connectivity index (χ3n) is 4.00. The number of nitrogens with two attached hydrogens (primary N) is 1. The molecule has 3 rings (SSSR count). The van der Waals surface area contributed by atoms with Crippen LogP contribution < -0.4 is 16.0 Å². The molecule has 0 bridgehead atoms. The summed E-state index contributed by atoms with van der Waals surface area (Å²) in [6.07, 6.45) is 3.80. The number of hydrogen-bond acceptors (Lipinski definition) is 5. The van der Waals surface area contributed by atoms with E-state index in [0.29, 0.717) is 33.4 Å². The molecule has 0 saturated carbocycles. The second-order valence-electron chi connectivity index (χ2n) is 5.90. The Balaban J connectivity index is 1.87. The first kappa shape index (κ1) is 16.0. The average molecular weight is 380 g/mol. The second kappa shape index (κ2) is 6.70. The van der Waals surface area contributed by atoms with Gasteiger partial charge in [0.1, 0.15) is 17.8 Å². The maximum atomic E-state index is 14.0. The first-order valence-electron chi connectivity index (χ1n) is 7.62. The van der Waals surface area contributed by atoms with Crippen LogP contribution in [0.2, 0.25) is 0 Å². The van der Waals surface area contributed by atoms with E-state index in [1.54, 1.807) is 12.1 Å². The van der Waals surface area contributed by atoms with E-state index in [-0.39, 0.29) is 5.82 Å². The summed E-state index contributed by atoms with van der Waals surface area (Å²) in [5.41, 5.74) is 7.00. The largest absolute Gasteiger partial charge is 0.393 e. The van der Waals surface area contributed by atoms with Crippen molar-refractivity contribution in [2.24, 2.45) is 5.92 Å². The molecular formula is C16H19BrFN5. The lowest BCUT2D eigenvalue weighted by molar-refractivity contribution is 0.445. The van der Waals surface area contributed by atoms with Gasteiger partial charge in [0.05, 0.1) is 5.69 Å². The van der Waals surface area contributed by atoms with Crippen molar-refractivity contribution in [2.45, 2.75) is 19.8 Å². The summed E-state index contributed by atoms with van der Waals surface area (Å²) in [7, 11) is 0. The van der Waals surface area contributed by atoms with Crippen LogP contribution in [0.3, 0.4) is 0 Å². The van der Waals surface area contributed by atoms with E-state index in [0.717, 1.165) is 19.5 Å². The minimum Gasteiger partial charge on any atom is -0.393 e. The molecule has 5 nitrogen and oxygen atoms in total. The van der Waals surface area contributed by atoms with Crippen LogP contribution >= 0.6 is 15.9 Å². The van der Waals surface area contributed by atoms with Crippen molar-refractivity contribution in [3.63, 3.8) is 0 Å². The number of nitrogen functional groups attached to an aromatic ring is 1. The molecule has 1 fully saturated rings. The van der Waals surface area contributed by atoms with E-state index in [2.05, 4.69) is 43.0 Å². The van der Waals surface area contributed by atoms with Crippen LogP contribution in [0.4, 0.5) is 27.4 Å². The minimum absolute atomic E-state index is 0.330. The Kier molecular flexibility index (Phi) is 4.66. The molecule has 1 aliphatic heterocycles. The first-order chi connectivity index (χ1) is 11.0. The zero-order valence-electron chi connectivity index (χ0n) is 12.9. The number of halogens is 2. The van der Waals surface area contributed by atoms with Gasteiger partial charge in [-0.25, -0.2) is 14.4 Å². The molecule has 122 valence electrons. The number of nitrogens with zero attached hydrogens (tertiary/aromatic N) is 3. The fourth-order valence-corrected chi connectivity index (χ4v) is 3.17. The highest BCUT2D eigenvalue weighted by Gasteiger charge is 2.21. The zero-order valence-corrected chi connectivity index (χ0v) is 14.5. The molecule has 23 heavy (non-hydrogen) atoms. The summed E-state index contributed by atoms with van der Waals surface area (Å²) in [6.45, 7) is 4.07. The molecule has 2 heterocycles. The summed E-state index contributed by atoms with van der Waals surface area (Å²) in [4.78, 5) is 10.7. The Bertz CT molecular complexity index is 709. The van der Waals surface area contributed by atoms with Crippen molar-refractivity contribution in [2.75, 3.05) is 29.0 Å². The van der Waals surface area contributed by atoms with Crippen molar-refractivity contribution in [3.05, 3.63) is 34.8 Å². The van der Waals surface area contributed by atoms with E-state index in [1.807, 2.05) is 0 Å². The molecule has 1 aromatic heterocycles. The Morgan fingerprint density at radius 2 is 2.22 bits per heavy atom. The molecule has 0 spiro atoms. The molecule has 2 aromatic rings. The molecule has 3 N–H and O–H groups in total. The molecule has 7 heteroatoms. The van der Waals surface area contributed by atoms with Gasteiger partial charge in [0.25, 0.3) is 0 Å². The van der Waals surface area contributed by atoms with Gasteiger partial charge in [-0.05, 0) is 37.0 Å². The second-order valence-corrected chi connectivity index (χ2v) is 6.82. The fraction of sp³-hybridized carbons (Fsp3) is 0.375. The van der Waals surface area contributed by atoms with Crippen molar-refractivity contribution in [3.8, 4) is 0 Å². The Morgan fingerprint density at radius 3 is 2.96 bits per heavy atom. The molecule has 0 amide bonds. The summed E-state index contributed by atoms with van der Waals surface area (Å²) in [5.74, 6) is 1.38.